The summed E-state index contributed by atoms with van der Waals surface area (Å²) in [5.41, 5.74) is 13.5. The average molecular weight is 490 g/mol. The standard InChI is InChI=1S/C17H15IN8O2/c1-27-10-4-7(3-9(18)14(10)28-2)13-11-12(21)8(5-19)15(22)25-16(11)26-17(24-13)23-6-20/h3-4,13H,1-2H3,(H6,21,22,23,24,25,26). The lowest BCUT2D eigenvalue weighted by molar-refractivity contribution is 0.352. The minimum atomic E-state index is -0.652. The Morgan fingerprint density at radius 3 is 2.61 bits per heavy atom. The van der Waals surface area contributed by atoms with Gasteiger partial charge in [-0.05, 0) is 40.3 Å². The minimum Gasteiger partial charge on any atom is -0.493 e. The molecule has 1 aromatic heterocycles. The SMILES string of the molecule is COc1cc(C2N=C(NC#N)Nc3nc(N)c(C#N)c(N)c32)cc(I)c1OC. The van der Waals surface area contributed by atoms with E-state index in [1.807, 2.05) is 18.3 Å². The van der Waals surface area contributed by atoms with Gasteiger partial charge in [-0.15, -0.1) is 0 Å². The lowest BCUT2D eigenvalue weighted by Gasteiger charge is -2.26. The number of anilines is 3. The number of nitrogens with one attached hydrogen (secondary N) is 2. The van der Waals surface area contributed by atoms with Crippen LogP contribution in [0.4, 0.5) is 17.3 Å². The first kappa shape index (κ1) is 19.3. The van der Waals surface area contributed by atoms with Crippen LogP contribution in [-0.2, 0) is 0 Å². The van der Waals surface area contributed by atoms with Crippen LogP contribution in [-0.4, -0.2) is 25.2 Å². The minimum absolute atomic E-state index is 0.00917. The molecule has 2 aromatic rings. The fourth-order valence-electron chi connectivity index (χ4n) is 2.92. The number of nitrogens with zero attached hydrogens (tertiary/aromatic N) is 4. The molecule has 1 aliphatic heterocycles. The van der Waals surface area contributed by atoms with Crippen molar-refractivity contribution in [1.29, 1.82) is 10.5 Å². The molecule has 10 nitrogen and oxygen atoms in total. The zero-order valence-corrected chi connectivity index (χ0v) is 17.0. The first-order chi connectivity index (χ1) is 13.4. The molecule has 0 amide bonds. The second-order valence-electron chi connectivity index (χ2n) is 5.64. The number of fused-ring (bicyclic) bond motifs is 1. The molecule has 0 saturated heterocycles. The van der Waals surface area contributed by atoms with E-state index in [1.54, 1.807) is 13.2 Å². The molecule has 0 bridgehead atoms. The van der Waals surface area contributed by atoms with Crippen LogP contribution in [0.1, 0.15) is 22.7 Å². The van der Waals surface area contributed by atoms with E-state index < -0.39 is 6.04 Å². The summed E-state index contributed by atoms with van der Waals surface area (Å²) in [4.78, 5) is 8.75. The van der Waals surface area contributed by atoms with Gasteiger partial charge in [-0.25, -0.2) is 9.98 Å². The number of nitrogens with two attached hydrogens (primary N) is 2. The van der Waals surface area contributed by atoms with Gasteiger partial charge in [0.2, 0.25) is 5.96 Å². The summed E-state index contributed by atoms with van der Waals surface area (Å²) in [6.07, 6.45) is 1.81. The third kappa shape index (κ3) is 3.16. The summed E-state index contributed by atoms with van der Waals surface area (Å²) in [6.45, 7) is 0. The second kappa shape index (κ2) is 7.66. The number of hydrogen-bond acceptors (Lipinski definition) is 10. The van der Waals surface area contributed by atoms with E-state index in [4.69, 9.17) is 26.2 Å². The summed E-state index contributed by atoms with van der Waals surface area (Å²) in [7, 11) is 3.08. The van der Waals surface area contributed by atoms with E-state index in [2.05, 4.69) is 43.2 Å². The molecular formula is C17H15IN8O2. The maximum atomic E-state index is 9.39. The molecule has 0 aliphatic carbocycles. The highest BCUT2D eigenvalue weighted by Gasteiger charge is 2.30. The molecule has 1 aliphatic rings. The lowest BCUT2D eigenvalue weighted by Crippen LogP contribution is -2.32. The van der Waals surface area contributed by atoms with Crippen LogP contribution in [0.15, 0.2) is 17.1 Å². The number of nitriles is 2. The van der Waals surface area contributed by atoms with Gasteiger partial charge < -0.3 is 26.3 Å². The number of methoxy groups -OCH3 is 2. The van der Waals surface area contributed by atoms with Crippen molar-refractivity contribution in [3.05, 3.63) is 32.4 Å². The quantitative estimate of drug-likeness (QED) is 0.284. The zero-order valence-electron chi connectivity index (χ0n) is 14.9. The highest BCUT2D eigenvalue weighted by atomic mass is 127. The molecule has 2 heterocycles. The summed E-state index contributed by atoms with van der Waals surface area (Å²) in [6, 6.07) is 4.94. The van der Waals surface area contributed by atoms with Crippen molar-refractivity contribution in [3.63, 3.8) is 0 Å². The molecule has 0 radical (unpaired) electrons. The van der Waals surface area contributed by atoms with Crippen LogP contribution in [0.25, 0.3) is 0 Å². The highest BCUT2D eigenvalue weighted by molar-refractivity contribution is 14.1. The lowest BCUT2D eigenvalue weighted by atomic mass is 9.95. The van der Waals surface area contributed by atoms with Gasteiger partial charge in [0.15, 0.2) is 17.7 Å². The molecule has 0 spiro atoms. The van der Waals surface area contributed by atoms with E-state index in [0.717, 1.165) is 3.57 Å². The van der Waals surface area contributed by atoms with E-state index in [9.17, 15) is 5.26 Å². The number of rotatable bonds is 3. The number of aliphatic imine (C=N–C) groups is 1. The Morgan fingerprint density at radius 1 is 1.25 bits per heavy atom. The number of hydrogen-bond donors (Lipinski definition) is 4. The van der Waals surface area contributed by atoms with Crippen LogP contribution in [0.5, 0.6) is 11.5 Å². The van der Waals surface area contributed by atoms with Crippen molar-refractivity contribution in [3.8, 4) is 23.8 Å². The van der Waals surface area contributed by atoms with E-state index in [-0.39, 0.29) is 23.0 Å². The Balaban J connectivity index is 2.28. The second-order valence-corrected chi connectivity index (χ2v) is 6.80. The molecular weight excluding hydrogens is 475 g/mol. The van der Waals surface area contributed by atoms with Gasteiger partial charge >= 0.3 is 0 Å². The monoisotopic (exact) mass is 490 g/mol. The fourth-order valence-corrected chi connectivity index (χ4v) is 3.76. The highest BCUT2D eigenvalue weighted by Crippen LogP contribution is 2.43. The third-order valence-electron chi connectivity index (χ3n) is 4.13. The summed E-state index contributed by atoms with van der Waals surface area (Å²) in [5.74, 6) is 1.58. The Kier molecular flexibility index (Phi) is 5.28. The summed E-state index contributed by atoms with van der Waals surface area (Å²) in [5, 5.41) is 23.7. The molecule has 3 rings (SSSR count). The van der Waals surface area contributed by atoms with Gasteiger partial charge in [0.1, 0.15) is 29.3 Å². The predicted octanol–water partition coefficient (Wildman–Crippen LogP) is 1.68. The van der Waals surface area contributed by atoms with Gasteiger partial charge in [0, 0.05) is 5.56 Å². The third-order valence-corrected chi connectivity index (χ3v) is 4.93. The molecule has 1 atom stereocenters. The largest absolute Gasteiger partial charge is 0.493 e. The summed E-state index contributed by atoms with van der Waals surface area (Å²) >= 11 is 2.12. The van der Waals surface area contributed by atoms with Crippen molar-refractivity contribution in [2.24, 2.45) is 4.99 Å². The summed E-state index contributed by atoms with van der Waals surface area (Å²) < 4.78 is 11.6. The normalized spacial score (nSPS) is 14.6. The first-order valence-electron chi connectivity index (χ1n) is 7.85. The van der Waals surface area contributed by atoms with Gasteiger partial charge in [-0.3, -0.25) is 5.32 Å². The van der Waals surface area contributed by atoms with Gasteiger partial charge in [0.05, 0.1) is 23.5 Å². The Hall–Kier alpha value is -3.45. The Morgan fingerprint density at radius 2 is 2.00 bits per heavy atom. The van der Waals surface area contributed by atoms with Crippen LogP contribution < -0.4 is 31.6 Å². The molecule has 1 aromatic carbocycles. The number of benzene rings is 1. The molecule has 11 heteroatoms. The molecule has 0 fully saturated rings. The Bertz CT molecular complexity index is 1070. The first-order valence-corrected chi connectivity index (χ1v) is 8.93. The smallest absolute Gasteiger partial charge is 0.211 e. The topological polar surface area (TPSA) is 167 Å². The van der Waals surface area contributed by atoms with Crippen molar-refractivity contribution in [2.45, 2.75) is 6.04 Å². The maximum absolute atomic E-state index is 9.39. The number of ether oxygens (including phenoxy) is 2. The van der Waals surface area contributed by atoms with Crippen molar-refractivity contribution in [1.82, 2.24) is 10.3 Å². The van der Waals surface area contributed by atoms with E-state index in [0.29, 0.717) is 28.4 Å². The van der Waals surface area contributed by atoms with E-state index in [1.165, 1.54) is 7.11 Å². The number of pyridine rings is 1. The number of nitrogen functional groups attached to an aromatic ring is 2. The molecule has 0 saturated carbocycles. The van der Waals surface area contributed by atoms with Gasteiger partial charge in [-0.1, -0.05) is 0 Å². The van der Waals surface area contributed by atoms with Crippen molar-refractivity contribution in [2.75, 3.05) is 31.0 Å². The molecule has 6 N–H and O–H groups in total. The fraction of sp³-hybridized carbons (Fsp3) is 0.176. The molecule has 28 heavy (non-hydrogen) atoms. The van der Waals surface area contributed by atoms with E-state index >= 15 is 0 Å². The van der Waals surface area contributed by atoms with Crippen molar-refractivity contribution < 1.29 is 9.47 Å². The Labute approximate surface area is 174 Å². The van der Waals surface area contributed by atoms with Gasteiger partial charge in [0.25, 0.3) is 0 Å². The number of guanidine groups is 1. The van der Waals surface area contributed by atoms with Crippen LogP contribution in [0.2, 0.25) is 0 Å². The maximum Gasteiger partial charge on any atom is 0.211 e. The molecule has 1 unspecified atom stereocenters. The van der Waals surface area contributed by atoms with Crippen LogP contribution >= 0.6 is 22.6 Å². The van der Waals surface area contributed by atoms with Crippen molar-refractivity contribution >= 4 is 45.9 Å². The average Bonchev–Trinajstić information content (AvgIpc) is 2.67. The number of halogens is 1. The number of aromatic nitrogens is 1. The predicted molar refractivity (Wildman–Crippen MR) is 112 cm³/mol. The van der Waals surface area contributed by atoms with Gasteiger partial charge in [-0.2, -0.15) is 10.5 Å². The zero-order chi connectivity index (χ0) is 20.4. The van der Waals surface area contributed by atoms with Crippen LogP contribution in [0, 0.1) is 26.4 Å². The molecule has 142 valence electrons. The van der Waals surface area contributed by atoms with Crippen LogP contribution in [0.3, 0.4) is 0 Å².